The highest BCUT2D eigenvalue weighted by atomic mass is 32.2. The molecule has 0 aliphatic rings. The molecule has 0 aromatic carbocycles. The normalized spacial score (nSPS) is 11.5. The minimum absolute atomic E-state index is 0.189. The average Bonchev–Trinajstić information content (AvgIpc) is 2.17. The zero-order valence-electron chi connectivity index (χ0n) is 8.90. The van der Waals surface area contributed by atoms with Gasteiger partial charge in [-0.1, -0.05) is 11.8 Å². The van der Waals surface area contributed by atoms with Gasteiger partial charge in [0, 0.05) is 5.69 Å². The number of aromatic nitrogens is 1. The lowest BCUT2D eigenvalue weighted by atomic mass is 10.1. The molecule has 0 bridgehead atoms. The van der Waals surface area contributed by atoms with Crippen molar-refractivity contribution in [3.05, 3.63) is 22.9 Å². The lowest BCUT2D eigenvalue weighted by Crippen LogP contribution is -1.98. The van der Waals surface area contributed by atoms with Crippen molar-refractivity contribution in [1.29, 1.82) is 10.5 Å². The van der Waals surface area contributed by atoms with Crippen LogP contribution in [0.25, 0.3) is 0 Å². The quantitative estimate of drug-likeness (QED) is 0.714. The summed E-state index contributed by atoms with van der Waals surface area (Å²) in [5.74, 6) is 0. The Morgan fingerprint density at radius 1 is 1.40 bits per heavy atom. The molecule has 0 spiro atoms. The molecule has 76 valence electrons. The van der Waals surface area contributed by atoms with Crippen LogP contribution in [0.1, 0.15) is 23.7 Å². The molecule has 0 unspecified atom stereocenters. The van der Waals surface area contributed by atoms with Crippen molar-refractivity contribution < 1.29 is 0 Å². The maximum Gasteiger partial charge on any atom is 0.116 e. The number of hydrogen-bond acceptors (Lipinski definition) is 4. The van der Waals surface area contributed by atoms with Gasteiger partial charge >= 0.3 is 0 Å². The van der Waals surface area contributed by atoms with Gasteiger partial charge in [0.2, 0.25) is 0 Å². The molecule has 4 heteroatoms. The van der Waals surface area contributed by atoms with Crippen molar-refractivity contribution >= 4 is 11.8 Å². The Morgan fingerprint density at radius 3 is 2.60 bits per heavy atom. The molecule has 3 nitrogen and oxygen atoms in total. The van der Waals surface area contributed by atoms with Gasteiger partial charge in [-0.2, -0.15) is 10.5 Å². The first-order chi connectivity index (χ1) is 7.08. The topological polar surface area (TPSA) is 60.5 Å². The van der Waals surface area contributed by atoms with Crippen LogP contribution < -0.4 is 0 Å². The Bertz CT molecular complexity index is 454. The first-order valence-corrected chi connectivity index (χ1v) is 5.41. The van der Waals surface area contributed by atoms with E-state index in [1.807, 2.05) is 19.9 Å². The second kappa shape index (κ2) is 4.82. The number of nitriles is 2. The Labute approximate surface area is 93.7 Å². The summed E-state index contributed by atoms with van der Waals surface area (Å²) in [5.41, 5.74) is 2.37. The average molecular weight is 217 g/mol. The van der Waals surface area contributed by atoms with E-state index in [2.05, 4.69) is 17.1 Å². The molecule has 1 heterocycles. The molecule has 1 aromatic heterocycles. The second-order valence-corrected chi connectivity index (χ2v) is 4.59. The van der Waals surface area contributed by atoms with Gasteiger partial charge in [0.1, 0.15) is 11.1 Å². The Hall–Kier alpha value is -1.52. The molecule has 15 heavy (non-hydrogen) atoms. The minimum atomic E-state index is -0.189. The number of hydrogen-bond donors (Lipinski definition) is 0. The first kappa shape index (κ1) is 11.6. The zero-order chi connectivity index (χ0) is 11.4. The van der Waals surface area contributed by atoms with Gasteiger partial charge < -0.3 is 0 Å². The van der Waals surface area contributed by atoms with Gasteiger partial charge in [-0.25, -0.2) is 4.98 Å². The fraction of sp³-hybridized carbons (Fsp3) is 0.364. The van der Waals surface area contributed by atoms with E-state index in [1.165, 1.54) is 11.8 Å². The van der Waals surface area contributed by atoms with Crippen LogP contribution in [0.4, 0.5) is 0 Å². The third kappa shape index (κ3) is 2.71. The molecule has 0 radical (unpaired) electrons. The lowest BCUT2D eigenvalue weighted by Gasteiger charge is -2.07. The predicted molar refractivity (Wildman–Crippen MR) is 59.4 cm³/mol. The van der Waals surface area contributed by atoms with Crippen LogP contribution in [0.2, 0.25) is 0 Å². The molecular formula is C11H11N3S. The van der Waals surface area contributed by atoms with E-state index in [0.29, 0.717) is 10.6 Å². The van der Waals surface area contributed by atoms with E-state index < -0.39 is 0 Å². The van der Waals surface area contributed by atoms with Crippen LogP contribution in [-0.2, 0) is 0 Å². The number of rotatable bonds is 2. The van der Waals surface area contributed by atoms with Gasteiger partial charge in [0.25, 0.3) is 0 Å². The van der Waals surface area contributed by atoms with Crippen molar-refractivity contribution in [1.82, 2.24) is 4.98 Å². The van der Waals surface area contributed by atoms with Crippen molar-refractivity contribution in [2.45, 2.75) is 31.0 Å². The van der Waals surface area contributed by atoms with Crippen LogP contribution in [-0.4, -0.2) is 10.2 Å². The molecule has 1 aromatic rings. The summed E-state index contributed by atoms with van der Waals surface area (Å²) in [6.07, 6.45) is 0. The number of pyridine rings is 1. The number of nitrogens with zero attached hydrogens (tertiary/aromatic N) is 3. The van der Waals surface area contributed by atoms with Crippen LogP contribution in [0, 0.1) is 36.5 Å². The summed E-state index contributed by atoms with van der Waals surface area (Å²) >= 11 is 1.33. The van der Waals surface area contributed by atoms with E-state index in [-0.39, 0.29) is 5.25 Å². The van der Waals surface area contributed by atoms with Gasteiger partial charge in [-0.05, 0) is 32.4 Å². The summed E-state index contributed by atoms with van der Waals surface area (Å²) in [5, 5.41) is 18.2. The molecule has 0 N–H and O–H groups in total. The molecule has 0 aliphatic carbocycles. The van der Waals surface area contributed by atoms with Crippen LogP contribution in [0.5, 0.6) is 0 Å². The summed E-state index contributed by atoms with van der Waals surface area (Å²) in [6, 6.07) is 6.12. The smallest absolute Gasteiger partial charge is 0.116 e. The monoisotopic (exact) mass is 217 g/mol. The van der Waals surface area contributed by atoms with Crippen molar-refractivity contribution in [2.75, 3.05) is 0 Å². The Kier molecular flexibility index (Phi) is 3.71. The highest BCUT2D eigenvalue weighted by molar-refractivity contribution is 8.00. The summed E-state index contributed by atoms with van der Waals surface area (Å²) in [4.78, 5) is 4.28. The fourth-order valence-electron chi connectivity index (χ4n) is 1.22. The maximum absolute atomic E-state index is 8.99. The largest absolute Gasteiger partial charge is 0.245 e. The highest BCUT2D eigenvalue weighted by Crippen LogP contribution is 2.26. The minimum Gasteiger partial charge on any atom is -0.245 e. The van der Waals surface area contributed by atoms with Crippen molar-refractivity contribution in [3.63, 3.8) is 0 Å². The van der Waals surface area contributed by atoms with Crippen LogP contribution in [0.3, 0.4) is 0 Å². The lowest BCUT2D eigenvalue weighted by molar-refractivity contribution is 1.02. The Morgan fingerprint density at radius 2 is 2.07 bits per heavy atom. The SMILES string of the molecule is Cc1cc(C)c(C#N)c(S[C@H](C)C#N)n1. The summed E-state index contributed by atoms with van der Waals surface area (Å²) in [6.45, 7) is 5.56. The number of thioether (sulfide) groups is 1. The van der Waals surface area contributed by atoms with E-state index in [9.17, 15) is 0 Å². The first-order valence-electron chi connectivity index (χ1n) is 4.53. The molecule has 0 aliphatic heterocycles. The molecule has 0 fully saturated rings. The zero-order valence-corrected chi connectivity index (χ0v) is 9.72. The van der Waals surface area contributed by atoms with E-state index in [0.717, 1.165) is 11.3 Å². The Balaban J connectivity index is 3.18. The van der Waals surface area contributed by atoms with E-state index in [1.54, 1.807) is 6.92 Å². The molecule has 0 amide bonds. The maximum atomic E-state index is 8.99. The summed E-state index contributed by atoms with van der Waals surface area (Å²) in [7, 11) is 0. The standard InChI is InChI=1S/C11H11N3S/c1-7-4-8(2)14-11(10(7)6-13)15-9(3)5-12/h4,9H,1-3H3/t9-/m1/s1. The third-order valence-electron chi connectivity index (χ3n) is 1.89. The van der Waals surface area contributed by atoms with Gasteiger partial charge in [-0.3, -0.25) is 0 Å². The molecule has 0 saturated carbocycles. The second-order valence-electron chi connectivity index (χ2n) is 3.26. The fourth-order valence-corrected chi connectivity index (χ4v) is 2.13. The number of aryl methyl sites for hydroxylation is 2. The molecule has 1 rings (SSSR count). The summed E-state index contributed by atoms with van der Waals surface area (Å²) < 4.78 is 0. The predicted octanol–water partition coefficient (Wildman–Crippen LogP) is 2.57. The van der Waals surface area contributed by atoms with Crippen LogP contribution in [0.15, 0.2) is 11.1 Å². The molecule has 0 saturated heterocycles. The highest BCUT2D eigenvalue weighted by Gasteiger charge is 2.12. The van der Waals surface area contributed by atoms with E-state index >= 15 is 0 Å². The molecular weight excluding hydrogens is 206 g/mol. The van der Waals surface area contributed by atoms with Gasteiger partial charge in [-0.15, -0.1) is 0 Å². The van der Waals surface area contributed by atoms with Gasteiger partial charge in [0.15, 0.2) is 0 Å². The van der Waals surface area contributed by atoms with Crippen molar-refractivity contribution in [2.24, 2.45) is 0 Å². The molecule has 1 atom stereocenters. The van der Waals surface area contributed by atoms with Crippen LogP contribution >= 0.6 is 11.8 Å². The van der Waals surface area contributed by atoms with Crippen molar-refractivity contribution in [3.8, 4) is 12.1 Å². The van der Waals surface area contributed by atoms with E-state index in [4.69, 9.17) is 10.5 Å². The third-order valence-corrected chi connectivity index (χ3v) is 2.87. The van der Waals surface area contributed by atoms with Gasteiger partial charge in [0.05, 0.1) is 16.9 Å².